The monoisotopic (exact) mass is 456 g/mol. The van der Waals surface area contributed by atoms with E-state index < -0.39 is 17.4 Å². The summed E-state index contributed by atoms with van der Waals surface area (Å²) < 4.78 is 27.6. The van der Waals surface area contributed by atoms with Crippen LogP contribution in [0.5, 0.6) is 0 Å². The van der Waals surface area contributed by atoms with Crippen molar-refractivity contribution in [2.45, 2.75) is 0 Å². The number of ketones is 1. The minimum absolute atomic E-state index is 0.0664. The molecule has 1 nitrogen and oxygen atoms in total. The number of halogens is 5. The van der Waals surface area contributed by atoms with E-state index in [1.165, 1.54) is 0 Å². The Bertz CT molecular complexity index is 676. The molecule has 0 spiro atoms. The van der Waals surface area contributed by atoms with Gasteiger partial charge in [0.05, 0.1) is 5.02 Å². The molecule has 0 saturated carbocycles. The zero-order chi connectivity index (χ0) is 14.2. The second-order valence-corrected chi connectivity index (χ2v) is 6.21. The van der Waals surface area contributed by atoms with E-state index in [9.17, 15) is 13.6 Å². The average molecular weight is 457 g/mol. The van der Waals surface area contributed by atoms with Crippen LogP contribution in [0.4, 0.5) is 8.78 Å². The van der Waals surface area contributed by atoms with Crippen molar-refractivity contribution in [2.75, 3.05) is 0 Å². The third-order valence-electron chi connectivity index (χ3n) is 2.43. The van der Waals surface area contributed by atoms with Crippen molar-refractivity contribution in [3.8, 4) is 0 Å². The van der Waals surface area contributed by atoms with Crippen molar-refractivity contribution >= 4 is 55.9 Å². The Hall–Kier alpha value is -0.530. The Labute approximate surface area is 135 Å². The fourth-order valence-corrected chi connectivity index (χ4v) is 2.67. The van der Waals surface area contributed by atoms with Gasteiger partial charge in [0.15, 0.2) is 17.4 Å². The molecule has 2 aromatic rings. The molecule has 0 radical (unpaired) electrons. The molecule has 0 unspecified atom stereocenters. The number of rotatable bonds is 2. The van der Waals surface area contributed by atoms with Crippen LogP contribution in [-0.2, 0) is 0 Å². The van der Waals surface area contributed by atoms with Crippen molar-refractivity contribution < 1.29 is 13.6 Å². The summed E-state index contributed by atoms with van der Waals surface area (Å²) in [5, 5.41) is -0.116. The summed E-state index contributed by atoms with van der Waals surface area (Å²) in [5.41, 5.74) is 0.281. The highest BCUT2D eigenvalue weighted by Crippen LogP contribution is 2.27. The van der Waals surface area contributed by atoms with Crippen LogP contribution in [0.2, 0.25) is 5.02 Å². The molecule has 0 fully saturated rings. The Balaban J connectivity index is 2.56. The Morgan fingerprint density at radius 3 is 2.42 bits per heavy atom. The number of hydrogen-bond donors (Lipinski definition) is 0. The maximum Gasteiger partial charge on any atom is 0.195 e. The van der Waals surface area contributed by atoms with Gasteiger partial charge in [-0.05, 0) is 52.9 Å². The summed E-state index contributed by atoms with van der Waals surface area (Å²) in [4.78, 5) is 12.3. The van der Waals surface area contributed by atoms with E-state index in [4.69, 9.17) is 11.6 Å². The highest BCUT2D eigenvalue weighted by atomic mass is 127. The van der Waals surface area contributed by atoms with Gasteiger partial charge in [-0.3, -0.25) is 4.79 Å². The van der Waals surface area contributed by atoms with Crippen LogP contribution in [0.3, 0.4) is 0 Å². The summed E-state index contributed by atoms with van der Waals surface area (Å²) in [5.74, 6) is -2.65. The number of carbonyl (C=O) groups is 1. The van der Waals surface area contributed by atoms with Gasteiger partial charge >= 0.3 is 0 Å². The van der Waals surface area contributed by atoms with Crippen LogP contribution in [0, 0.1) is 15.2 Å². The van der Waals surface area contributed by atoms with Crippen molar-refractivity contribution in [3.63, 3.8) is 0 Å². The minimum Gasteiger partial charge on any atom is -0.289 e. The largest absolute Gasteiger partial charge is 0.289 e. The quantitative estimate of drug-likeness (QED) is 0.344. The van der Waals surface area contributed by atoms with Crippen LogP contribution in [0.15, 0.2) is 34.8 Å². The Morgan fingerprint density at radius 2 is 1.74 bits per heavy atom. The van der Waals surface area contributed by atoms with Crippen LogP contribution < -0.4 is 0 Å². The van der Waals surface area contributed by atoms with Gasteiger partial charge in [-0.1, -0.05) is 27.5 Å². The first-order chi connectivity index (χ1) is 8.90. The SMILES string of the molecule is O=C(c1cc(F)c(F)cc1Cl)c1cc(I)ccc1Br. The summed E-state index contributed by atoms with van der Waals surface area (Å²) >= 11 is 11.1. The van der Waals surface area contributed by atoms with Gasteiger partial charge in [-0.25, -0.2) is 8.78 Å². The lowest BCUT2D eigenvalue weighted by atomic mass is 10.0. The van der Waals surface area contributed by atoms with E-state index in [1.54, 1.807) is 12.1 Å². The molecule has 98 valence electrons. The summed E-state index contributed by atoms with van der Waals surface area (Å²) in [6.07, 6.45) is 0. The van der Waals surface area contributed by atoms with E-state index in [1.807, 2.05) is 6.07 Å². The first-order valence-electron chi connectivity index (χ1n) is 5.04. The molecule has 0 aliphatic carbocycles. The van der Waals surface area contributed by atoms with Gasteiger partial charge in [0, 0.05) is 19.2 Å². The highest BCUT2D eigenvalue weighted by molar-refractivity contribution is 14.1. The molecule has 0 atom stereocenters. The minimum atomic E-state index is -1.10. The molecule has 6 heteroatoms. The van der Waals surface area contributed by atoms with Crippen LogP contribution in [-0.4, -0.2) is 5.78 Å². The van der Waals surface area contributed by atoms with Gasteiger partial charge in [0.1, 0.15) is 0 Å². The molecule has 0 amide bonds. The van der Waals surface area contributed by atoms with E-state index in [0.29, 0.717) is 10.0 Å². The Morgan fingerprint density at radius 1 is 1.11 bits per heavy atom. The molecule has 0 aliphatic heterocycles. The van der Waals surface area contributed by atoms with E-state index in [2.05, 4.69) is 38.5 Å². The topological polar surface area (TPSA) is 17.1 Å². The van der Waals surface area contributed by atoms with Crippen molar-refractivity contribution in [3.05, 3.63) is 66.2 Å². The van der Waals surface area contributed by atoms with Gasteiger partial charge in [0.25, 0.3) is 0 Å². The standard InChI is InChI=1S/C13H5BrClF2IO/c14-9-2-1-6(18)3-7(9)13(19)8-4-11(16)12(17)5-10(8)15/h1-5H. The maximum atomic E-state index is 13.2. The molecule has 0 N–H and O–H groups in total. The predicted molar refractivity (Wildman–Crippen MR) is 81.7 cm³/mol. The second kappa shape index (κ2) is 5.85. The predicted octanol–water partition coefficient (Wildman–Crippen LogP) is 5.22. The van der Waals surface area contributed by atoms with Gasteiger partial charge < -0.3 is 0 Å². The van der Waals surface area contributed by atoms with Gasteiger partial charge in [-0.2, -0.15) is 0 Å². The Kier molecular flexibility index (Phi) is 4.58. The molecule has 0 bridgehead atoms. The molecule has 0 heterocycles. The summed E-state index contributed by atoms with van der Waals surface area (Å²) in [6, 6.07) is 6.78. The highest BCUT2D eigenvalue weighted by Gasteiger charge is 2.18. The number of benzene rings is 2. The first-order valence-corrected chi connectivity index (χ1v) is 7.29. The van der Waals surface area contributed by atoms with Crippen molar-refractivity contribution in [1.82, 2.24) is 0 Å². The molecule has 0 aromatic heterocycles. The molecule has 2 rings (SSSR count). The fraction of sp³-hybridized carbons (Fsp3) is 0. The lowest BCUT2D eigenvalue weighted by Crippen LogP contribution is -2.05. The third-order valence-corrected chi connectivity index (χ3v) is 4.10. The van der Waals surface area contributed by atoms with E-state index in [0.717, 1.165) is 15.7 Å². The third kappa shape index (κ3) is 3.14. The first kappa shape index (κ1) is 14.9. The molecule has 0 aliphatic rings. The molecule has 19 heavy (non-hydrogen) atoms. The van der Waals surface area contributed by atoms with Crippen LogP contribution in [0.1, 0.15) is 15.9 Å². The zero-order valence-corrected chi connectivity index (χ0v) is 13.7. The van der Waals surface area contributed by atoms with Gasteiger partial charge in [-0.15, -0.1) is 0 Å². The number of carbonyl (C=O) groups excluding carboxylic acids is 1. The fourth-order valence-electron chi connectivity index (χ4n) is 1.51. The molecular weight excluding hydrogens is 452 g/mol. The van der Waals surface area contributed by atoms with Crippen LogP contribution >= 0.6 is 50.1 Å². The normalized spacial score (nSPS) is 10.6. The van der Waals surface area contributed by atoms with Crippen molar-refractivity contribution in [1.29, 1.82) is 0 Å². The molecule has 0 saturated heterocycles. The molecule has 2 aromatic carbocycles. The lowest BCUT2D eigenvalue weighted by molar-refractivity contribution is 0.103. The second-order valence-electron chi connectivity index (χ2n) is 3.70. The summed E-state index contributed by atoms with van der Waals surface area (Å²) in [7, 11) is 0. The zero-order valence-electron chi connectivity index (χ0n) is 9.18. The molecular formula is C13H5BrClF2IO. The summed E-state index contributed by atoms with van der Waals surface area (Å²) in [6.45, 7) is 0. The van der Waals surface area contributed by atoms with Crippen molar-refractivity contribution in [2.24, 2.45) is 0 Å². The van der Waals surface area contributed by atoms with Crippen LogP contribution in [0.25, 0.3) is 0 Å². The average Bonchev–Trinajstić information content (AvgIpc) is 2.36. The number of hydrogen-bond acceptors (Lipinski definition) is 1. The smallest absolute Gasteiger partial charge is 0.195 e. The maximum absolute atomic E-state index is 13.2. The van der Waals surface area contributed by atoms with Gasteiger partial charge in [0.2, 0.25) is 0 Å². The van der Waals surface area contributed by atoms with E-state index in [-0.39, 0.29) is 10.6 Å². The lowest BCUT2D eigenvalue weighted by Gasteiger charge is -2.07. The van der Waals surface area contributed by atoms with E-state index >= 15 is 0 Å².